The topological polar surface area (TPSA) is 75.6 Å². The van der Waals surface area contributed by atoms with Crippen LogP contribution < -0.4 is 5.32 Å². The molecule has 2 N–H and O–H groups in total. The molecule has 1 amide bonds. The molecule has 9 unspecified atom stereocenters. The first-order valence-electron chi connectivity index (χ1n) is 18.0. The smallest absolute Gasteiger partial charge is 0.302 e. The fourth-order valence-electron chi connectivity index (χ4n) is 13.1. The number of allylic oxidation sites excluding steroid dienone is 1. The summed E-state index contributed by atoms with van der Waals surface area (Å²) in [5, 5.41) is 13.1. The summed E-state index contributed by atoms with van der Waals surface area (Å²) in [6, 6.07) is 7.33. The number of fused-ring (bicyclic) bond motifs is 7. The van der Waals surface area contributed by atoms with E-state index in [1.165, 1.54) is 31.3 Å². The van der Waals surface area contributed by atoms with E-state index in [0.29, 0.717) is 36.1 Å². The minimum atomic E-state index is -0.308. The second-order valence-electron chi connectivity index (χ2n) is 17.5. The van der Waals surface area contributed by atoms with Gasteiger partial charge in [-0.2, -0.15) is 0 Å². The number of ether oxygens (including phenoxy) is 1. The van der Waals surface area contributed by atoms with Crippen molar-refractivity contribution in [2.75, 3.05) is 6.54 Å². The molecule has 10 atom stereocenters. The number of phenols is 1. The molecule has 6 rings (SSSR count). The van der Waals surface area contributed by atoms with Crippen LogP contribution in [0.1, 0.15) is 118 Å². The Kier molecular flexibility index (Phi) is 8.09. The van der Waals surface area contributed by atoms with Gasteiger partial charge in [-0.3, -0.25) is 9.59 Å². The Bertz CT molecular complexity index is 1330. The maximum atomic E-state index is 14.4. The van der Waals surface area contributed by atoms with Crippen molar-refractivity contribution >= 4 is 11.9 Å². The van der Waals surface area contributed by atoms with Crippen LogP contribution in [-0.4, -0.2) is 29.6 Å². The van der Waals surface area contributed by atoms with Crippen molar-refractivity contribution in [3.8, 4) is 5.75 Å². The van der Waals surface area contributed by atoms with Gasteiger partial charge in [-0.15, -0.1) is 0 Å². The standard InChI is InChI=1S/C40H59NO4/c1-25(2)29-15-21-40(35(44)41-24-18-27-9-11-28(43)12-10-27)23-22-38(7)30(34(29)40)13-14-32-37(6)19-17-33(45-26(3)42)36(4,5)31(37)16-20-39(32,38)8/h9-12,29-34,43H,1,13-24H2,2-8H3,(H,41,44)/t29?,30?,31?,32?,33?,34?,37?,38-,39?,40?/m1/s1. The zero-order valence-electron chi connectivity index (χ0n) is 29.1. The number of esters is 1. The van der Waals surface area contributed by atoms with Crippen molar-refractivity contribution in [3.63, 3.8) is 0 Å². The molecular formula is C40H59NO4. The number of rotatable bonds is 6. The van der Waals surface area contributed by atoms with Gasteiger partial charge < -0.3 is 15.2 Å². The van der Waals surface area contributed by atoms with Crippen LogP contribution in [0.3, 0.4) is 0 Å². The SMILES string of the molecule is C=C(C)C1CCC2(C(=O)NCCc3ccc(O)cc3)CC[C@]3(C)C(CCC4C5(C)CCC(OC(C)=O)C(C)(C)C5CCC43C)C12. The number of carbonyl (C=O) groups excluding carboxylic acids is 2. The molecule has 5 fully saturated rings. The molecule has 0 heterocycles. The van der Waals surface area contributed by atoms with Gasteiger partial charge in [-0.25, -0.2) is 0 Å². The average molecular weight is 618 g/mol. The van der Waals surface area contributed by atoms with Gasteiger partial charge in [-0.1, -0.05) is 58.9 Å². The summed E-state index contributed by atoms with van der Waals surface area (Å²) in [7, 11) is 0. The van der Waals surface area contributed by atoms with E-state index in [1.54, 1.807) is 19.1 Å². The first-order chi connectivity index (χ1) is 21.1. The molecule has 5 aliphatic carbocycles. The summed E-state index contributed by atoms with van der Waals surface area (Å²) in [4.78, 5) is 26.4. The van der Waals surface area contributed by atoms with Crippen LogP contribution >= 0.6 is 0 Å². The lowest BCUT2D eigenvalue weighted by Crippen LogP contribution is -2.67. The average Bonchev–Trinajstić information content (AvgIpc) is 3.37. The molecule has 0 saturated heterocycles. The molecule has 0 aliphatic heterocycles. The third kappa shape index (κ3) is 4.83. The van der Waals surface area contributed by atoms with E-state index in [9.17, 15) is 14.7 Å². The first-order valence-corrected chi connectivity index (χ1v) is 18.0. The number of aromatic hydroxyl groups is 1. The van der Waals surface area contributed by atoms with Gasteiger partial charge in [0.15, 0.2) is 0 Å². The fourth-order valence-corrected chi connectivity index (χ4v) is 13.1. The minimum absolute atomic E-state index is 0.00187. The molecule has 5 heteroatoms. The summed E-state index contributed by atoms with van der Waals surface area (Å²) in [5.41, 5.74) is 2.67. The zero-order chi connectivity index (χ0) is 32.6. The maximum Gasteiger partial charge on any atom is 0.302 e. The lowest BCUT2D eigenvalue weighted by molar-refractivity contribution is -0.248. The van der Waals surface area contributed by atoms with Crippen LogP contribution in [0.4, 0.5) is 0 Å². The molecule has 0 aromatic heterocycles. The summed E-state index contributed by atoms with van der Waals surface area (Å²) in [6.45, 7) is 21.5. The number of phenolic OH excluding ortho intramolecular Hbond substituents is 1. The number of hydrogen-bond donors (Lipinski definition) is 2. The number of hydrogen-bond acceptors (Lipinski definition) is 4. The second kappa shape index (κ2) is 11.2. The summed E-state index contributed by atoms with van der Waals surface area (Å²) < 4.78 is 5.95. The fraction of sp³-hybridized carbons (Fsp3) is 0.750. The van der Waals surface area contributed by atoms with E-state index in [0.717, 1.165) is 50.5 Å². The van der Waals surface area contributed by atoms with Gasteiger partial charge in [-0.05, 0) is 141 Å². The van der Waals surface area contributed by atoms with E-state index >= 15 is 0 Å². The highest BCUT2D eigenvalue weighted by Gasteiger charge is 2.72. The molecule has 0 radical (unpaired) electrons. The number of amides is 1. The number of benzene rings is 1. The number of carbonyl (C=O) groups is 2. The molecule has 5 aliphatic rings. The molecular weight excluding hydrogens is 558 g/mol. The van der Waals surface area contributed by atoms with Gasteiger partial charge in [0.1, 0.15) is 11.9 Å². The van der Waals surface area contributed by atoms with Crippen molar-refractivity contribution in [3.05, 3.63) is 42.0 Å². The van der Waals surface area contributed by atoms with Crippen molar-refractivity contribution in [1.29, 1.82) is 0 Å². The molecule has 0 bridgehead atoms. The summed E-state index contributed by atoms with van der Waals surface area (Å²) in [5.74, 6) is 2.84. The molecule has 1 aromatic rings. The molecule has 5 saturated carbocycles. The zero-order valence-corrected chi connectivity index (χ0v) is 29.1. The summed E-state index contributed by atoms with van der Waals surface area (Å²) in [6.07, 6.45) is 11.8. The van der Waals surface area contributed by atoms with E-state index in [2.05, 4.69) is 53.4 Å². The molecule has 45 heavy (non-hydrogen) atoms. The molecule has 5 nitrogen and oxygen atoms in total. The van der Waals surface area contributed by atoms with Crippen LogP contribution in [0, 0.1) is 56.7 Å². The maximum absolute atomic E-state index is 14.4. The minimum Gasteiger partial charge on any atom is -0.508 e. The van der Waals surface area contributed by atoms with Gasteiger partial charge in [0.2, 0.25) is 5.91 Å². The van der Waals surface area contributed by atoms with Crippen molar-refractivity contribution in [2.24, 2.45) is 56.7 Å². The Labute approximate surface area is 272 Å². The van der Waals surface area contributed by atoms with Crippen LogP contribution in [0.5, 0.6) is 5.75 Å². The largest absolute Gasteiger partial charge is 0.508 e. The normalized spacial score (nSPS) is 43.2. The van der Waals surface area contributed by atoms with E-state index < -0.39 is 0 Å². The number of nitrogens with one attached hydrogen (secondary N) is 1. The third-order valence-electron chi connectivity index (χ3n) is 15.4. The van der Waals surface area contributed by atoms with Gasteiger partial charge in [0, 0.05) is 18.9 Å². The highest BCUT2D eigenvalue weighted by atomic mass is 16.5. The molecule has 0 spiro atoms. The molecule has 248 valence electrons. The summed E-state index contributed by atoms with van der Waals surface area (Å²) >= 11 is 0. The quantitative estimate of drug-likeness (QED) is 0.248. The first kappa shape index (κ1) is 32.6. The van der Waals surface area contributed by atoms with Crippen molar-refractivity contribution in [1.82, 2.24) is 5.32 Å². The Hall–Kier alpha value is -2.30. The van der Waals surface area contributed by atoms with E-state index in [1.807, 2.05) is 12.1 Å². The van der Waals surface area contributed by atoms with Crippen LogP contribution in [0.2, 0.25) is 0 Å². The Morgan fingerprint density at radius 3 is 2.24 bits per heavy atom. The van der Waals surface area contributed by atoms with Crippen molar-refractivity contribution in [2.45, 2.75) is 125 Å². The van der Waals surface area contributed by atoms with Crippen LogP contribution in [-0.2, 0) is 20.7 Å². The Morgan fingerprint density at radius 2 is 1.58 bits per heavy atom. The Morgan fingerprint density at radius 1 is 0.867 bits per heavy atom. The van der Waals surface area contributed by atoms with Gasteiger partial charge in [0.05, 0.1) is 5.41 Å². The lowest BCUT2D eigenvalue weighted by atomic mass is 9.32. The second-order valence-corrected chi connectivity index (χ2v) is 17.5. The predicted molar refractivity (Wildman–Crippen MR) is 179 cm³/mol. The highest BCUT2D eigenvalue weighted by molar-refractivity contribution is 5.84. The van der Waals surface area contributed by atoms with Gasteiger partial charge >= 0.3 is 5.97 Å². The monoisotopic (exact) mass is 617 g/mol. The van der Waals surface area contributed by atoms with Crippen molar-refractivity contribution < 1.29 is 19.4 Å². The van der Waals surface area contributed by atoms with E-state index in [-0.39, 0.29) is 50.8 Å². The van der Waals surface area contributed by atoms with E-state index in [4.69, 9.17) is 4.74 Å². The third-order valence-corrected chi connectivity index (χ3v) is 15.4. The predicted octanol–water partition coefficient (Wildman–Crippen LogP) is 8.64. The lowest BCUT2D eigenvalue weighted by Gasteiger charge is -2.72. The Balaban J connectivity index is 1.27. The van der Waals surface area contributed by atoms with Crippen LogP contribution in [0.15, 0.2) is 36.4 Å². The van der Waals surface area contributed by atoms with Crippen LogP contribution in [0.25, 0.3) is 0 Å². The van der Waals surface area contributed by atoms with Gasteiger partial charge in [0.25, 0.3) is 0 Å². The molecule has 1 aromatic carbocycles. The highest BCUT2D eigenvalue weighted by Crippen LogP contribution is 2.77.